The van der Waals surface area contributed by atoms with Crippen molar-refractivity contribution in [3.8, 4) is 0 Å². The fourth-order valence-corrected chi connectivity index (χ4v) is 4.56. The molecule has 0 aliphatic carbocycles. The topological polar surface area (TPSA) is 78.0 Å². The lowest BCUT2D eigenvalue weighted by Crippen LogP contribution is -2.51. The van der Waals surface area contributed by atoms with E-state index in [9.17, 15) is 19.2 Å². The standard InChI is InChI=1S/C15H21N3O4S/c19-8-11-9-23-10-18(11)15(22)12-3-1-6-17(12)14(21)7-16-5-2-4-13(16)20/h8,11-12H,1-7,9-10H2/t11-,12+/m1/s1. The minimum Gasteiger partial charge on any atom is -0.333 e. The van der Waals surface area contributed by atoms with Crippen molar-refractivity contribution in [3.63, 3.8) is 0 Å². The van der Waals surface area contributed by atoms with Crippen LogP contribution in [0.2, 0.25) is 0 Å². The maximum Gasteiger partial charge on any atom is 0.246 e. The first kappa shape index (κ1) is 16.3. The molecule has 0 unspecified atom stereocenters. The molecule has 0 N–H and O–H groups in total. The number of amides is 3. The van der Waals surface area contributed by atoms with Gasteiger partial charge in [0.25, 0.3) is 0 Å². The van der Waals surface area contributed by atoms with Crippen LogP contribution in [-0.2, 0) is 19.2 Å². The molecule has 3 saturated heterocycles. The summed E-state index contributed by atoms with van der Waals surface area (Å²) in [5, 5.41) is 0. The average Bonchev–Trinajstić information content (AvgIpc) is 3.27. The van der Waals surface area contributed by atoms with Crippen LogP contribution in [0.3, 0.4) is 0 Å². The van der Waals surface area contributed by atoms with Crippen LogP contribution in [0.5, 0.6) is 0 Å². The van der Waals surface area contributed by atoms with E-state index in [1.165, 1.54) is 0 Å². The highest BCUT2D eigenvalue weighted by atomic mass is 32.2. The molecular weight excluding hydrogens is 318 g/mol. The molecule has 7 nitrogen and oxygen atoms in total. The van der Waals surface area contributed by atoms with Gasteiger partial charge in [0, 0.05) is 25.3 Å². The van der Waals surface area contributed by atoms with Crippen molar-refractivity contribution in [3.05, 3.63) is 0 Å². The van der Waals surface area contributed by atoms with E-state index in [4.69, 9.17) is 0 Å². The Bertz CT molecular complexity index is 527. The highest BCUT2D eigenvalue weighted by Crippen LogP contribution is 2.26. The van der Waals surface area contributed by atoms with Crippen LogP contribution >= 0.6 is 11.8 Å². The zero-order chi connectivity index (χ0) is 16.4. The summed E-state index contributed by atoms with van der Waals surface area (Å²) in [6.07, 6.45) is 3.51. The molecule has 3 heterocycles. The third kappa shape index (κ3) is 3.22. The summed E-state index contributed by atoms with van der Waals surface area (Å²) in [7, 11) is 0. The largest absolute Gasteiger partial charge is 0.333 e. The molecule has 3 rings (SSSR count). The molecular formula is C15H21N3O4S. The second-order valence-corrected chi connectivity index (χ2v) is 7.18. The Labute approximate surface area is 139 Å². The molecule has 8 heteroatoms. The van der Waals surface area contributed by atoms with Gasteiger partial charge in [-0.1, -0.05) is 0 Å². The number of hydrogen-bond donors (Lipinski definition) is 0. The number of hydrogen-bond acceptors (Lipinski definition) is 5. The van der Waals surface area contributed by atoms with Gasteiger partial charge in [-0.3, -0.25) is 14.4 Å². The molecule has 0 bridgehead atoms. The Morgan fingerprint density at radius 1 is 1.22 bits per heavy atom. The molecule has 0 aromatic heterocycles. The number of likely N-dealkylation sites (tertiary alicyclic amines) is 2. The number of rotatable bonds is 4. The zero-order valence-corrected chi connectivity index (χ0v) is 13.8. The molecule has 3 amide bonds. The molecule has 23 heavy (non-hydrogen) atoms. The van der Waals surface area contributed by atoms with Crippen LogP contribution in [-0.4, -0.2) is 82.1 Å². The van der Waals surface area contributed by atoms with Crippen molar-refractivity contribution in [2.24, 2.45) is 0 Å². The van der Waals surface area contributed by atoms with Gasteiger partial charge in [0.05, 0.1) is 18.5 Å². The molecule has 3 fully saturated rings. The third-order valence-corrected chi connectivity index (χ3v) is 5.75. The van der Waals surface area contributed by atoms with E-state index in [-0.39, 0.29) is 30.3 Å². The Kier molecular flexibility index (Phi) is 4.89. The lowest BCUT2D eigenvalue weighted by atomic mass is 10.1. The van der Waals surface area contributed by atoms with Crippen molar-refractivity contribution < 1.29 is 19.2 Å². The lowest BCUT2D eigenvalue weighted by molar-refractivity contribution is -0.146. The van der Waals surface area contributed by atoms with E-state index in [0.29, 0.717) is 37.6 Å². The van der Waals surface area contributed by atoms with Gasteiger partial charge in [0.2, 0.25) is 17.7 Å². The van der Waals surface area contributed by atoms with Crippen molar-refractivity contribution in [2.45, 2.75) is 37.8 Å². The van der Waals surface area contributed by atoms with Crippen molar-refractivity contribution in [1.82, 2.24) is 14.7 Å². The average molecular weight is 339 g/mol. The van der Waals surface area contributed by atoms with Gasteiger partial charge in [-0.15, -0.1) is 11.8 Å². The zero-order valence-electron chi connectivity index (χ0n) is 13.0. The van der Waals surface area contributed by atoms with Crippen LogP contribution in [0.25, 0.3) is 0 Å². The Balaban J connectivity index is 1.65. The van der Waals surface area contributed by atoms with E-state index in [2.05, 4.69) is 0 Å². The van der Waals surface area contributed by atoms with Crippen molar-refractivity contribution in [1.29, 1.82) is 0 Å². The number of nitrogens with zero attached hydrogens (tertiary/aromatic N) is 3. The van der Waals surface area contributed by atoms with Crippen molar-refractivity contribution in [2.75, 3.05) is 31.3 Å². The van der Waals surface area contributed by atoms with E-state index >= 15 is 0 Å². The maximum absolute atomic E-state index is 12.7. The summed E-state index contributed by atoms with van der Waals surface area (Å²) in [6, 6.07) is -0.869. The SMILES string of the molecule is O=C[C@@H]1CSCN1C(=O)[C@@H]1CCCN1C(=O)CN1CCCC1=O. The van der Waals surface area contributed by atoms with Gasteiger partial charge in [-0.25, -0.2) is 0 Å². The fourth-order valence-electron chi connectivity index (χ4n) is 3.44. The molecule has 3 aliphatic heterocycles. The molecule has 0 saturated carbocycles. The predicted molar refractivity (Wildman–Crippen MR) is 84.6 cm³/mol. The number of carbonyl (C=O) groups is 4. The molecule has 0 aromatic carbocycles. The Morgan fingerprint density at radius 2 is 2.04 bits per heavy atom. The molecule has 126 valence electrons. The van der Waals surface area contributed by atoms with Crippen LogP contribution in [0.4, 0.5) is 0 Å². The van der Waals surface area contributed by atoms with Crippen LogP contribution in [0.15, 0.2) is 0 Å². The summed E-state index contributed by atoms with van der Waals surface area (Å²) in [5.41, 5.74) is 0. The normalized spacial score (nSPS) is 27.8. The van der Waals surface area contributed by atoms with E-state index in [1.807, 2.05) is 0 Å². The van der Waals surface area contributed by atoms with Gasteiger partial charge >= 0.3 is 0 Å². The predicted octanol–water partition coefficient (Wildman–Crippen LogP) is -0.300. The van der Waals surface area contributed by atoms with Gasteiger partial charge in [0.15, 0.2) is 0 Å². The van der Waals surface area contributed by atoms with Crippen LogP contribution in [0.1, 0.15) is 25.7 Å². The van der Waals surface area contributed by atoms with Crippen molar-refractivity contribution >= 4 is 35.8 Å². The molecule has 0 spiro atoms. The van der Waals surface area contributed by atoms with Gasteiger partial charge in [0.1, 0.15) is 12.3 Å². The maximum atomic E-state index is 12.7. The van der Waals surface area contributed by atoms with E-state index in [1.54, 1.807) is 26.5 Å². The number of carbonyl (C=O) groups excluding carboxylic acids is 4. The first-order valence-corrected chi connectivity index (χ1v) is 9.18. The third-order valence-electron chi connectivity index (χ3n) is 4.72. The summed E-state index contributed by atoms with van der Waals surface area (Å²) in [6.45, 7) is 1.23. The number of thioether (sulfide) groups is 1. The minimum absolute atomic E-state index is 0.0115. The highest BCUT2D eigenvalue weighted by molar-refractivity contribution is 7.99. The second-order valence-electron chi connectivity index (χ2n) is 6.18. The van der Waals surface area contributed by atoms with Gasteiger partial charge in [-0.05, 0) is 19.3 Å². The summed E-state index contributed by atoms with van der Waals surface area (Å²) in [4.78, 5) is 52.7. The van der Waals surface area contributed by atoms with Crippen LogP contribution in [0, 0.1) is 0 Å². The van der Waals surface area contributed by atoms with E-state index < -0.39 is 6.04 Å². The lowest BCUT2D eigenvalue weighted by Gasteiger charge is -2.30. The minimum atomic E-state index is -0.485. The molecule has 0 aromatic rings. The quantitative estimate of drug-likeness (QED) is 0.657. The summed E-state index contributed by atoms with van der Waals surface area (Å²) < 4.78 is 0. The molecule has 0 radical (unpaired) electrons. The first-order chi connectivity index (χ1) is 11.1. The highest BCUT2D eigenvalue weighted by Gasteiger charge is 2.40. The summed E-state index contributed by atoms with van der Waals surface area (Å²) in [5.74, 6) is 0.845. The Morgan fingerprint density at radius 3 is 2.74 bits per heavy atom. The summed E-state index contributed by atoms with van der Waals surface area (Å²) >= 11 is 1.56. The van der Waals surface area contributed by atoms with E-state index in [0.717, 1.165) is 19.1 Å². The van der Waals surface area contributed by atoms with Gasteiger partial charge in [-0.2, -0.15) is 0 Å². The smallest absolute Gasteiger partial charge is 0.246 e. The Hall–Kier alpha value is -1.57. The fraction of sp³-hybridized carbons (Fsp3) is 0.733. The number of aldehydes is 1. The first-order valence-electron chi connectivity index (χ1n) is 8.02. The monoisotopic (exact) mass is 339 g/mol. The van der Waals surface area contributed by atoms with Crippen LogP contribution < -0.4 is 0 Å². The molecule has 2 atom stereocenters. The second kappa shape index (κ2) is 6.90. The van der Waals surface area contributed by atoms with Gasteiger partial charge < -0.3 is 19.5 Å². The molecule has 3 aliphatic rings.